The lowest BCUT2D eigenvalue weighted by Gasteiger charge is -1.81. The molecule has 0 aliphatic rings. The lowest BCUT2D eigenvalue weighted by atomic mass is 10.6. The van der Waals surface area contributed by atoms with Crippen molar-refractivity contribution in [3.05, 3.63) is 10.0 Å². The summed E-state index contributed by atoms with van der Waals surface area (Å²) in [5.41, 5.74) is 6.13. The number of nitrogen functional groups attached to an aromatic ring is 1. The normalized spacial score (nSPS) is 9.62. The third-order valence-electron chi connectivity index (χ3n) is 0.871. The molecule has 0 unspecified atom stereocenters. The molecule has 0 spiro atoms. The molecular weight excluding hydrogens is 140 g/mol. The summed E-state index contributed by atoms with van der Waals surface area (Å²) in [7, 11) is 1.89. The van der Waals surface area contributed by atoms with Crippen molar-refractivity contribution in [1.82, 2.24) is 3.96 Å². The smallest absolute Gasteiger partial charge is 0.138 e. The number of rotatable bonds is 0. The van der Waals surface area contributed by atoms with Gasteiger partial charge < -0.3 is 5.73 Å². The zero-order chi connectivity index (χ0) is 6.15. The molecule has 8 heavy (non-hydrogen) atoms. The SMILES string of the molecule is Cn1scc(N)c1=S. The molecule has 0 radical (unpaired) electrons. The van der Waals surface area contributed by atoms with E-state index in [-0.39, 0.29) is 0 Å². The Bertz CT molecular complexity index is 212. The van der Waals surface area contributed by atoms with Crippen LogP contribution in [0.3, 0.4) is 0 Å². The van der Waals surface area contributed by atoms with Gasteiger partial charge in [0.2, 0.25) is 0 Å². The minimum atomic E-state index is 0.701. The van der Waals surface area contributed by atoms with E-state index in [1.54, 1.807) is 0 Å². The topological polar surface area (TPSA) is 30.9 Å². The molecule has 0 saturated carbocycles. The van der Waals surface area contributed by atoms with Gasteiger partial charge in [-0.3, -0.25) is 3.96 Å². The van der Waals surface area contributed by atoms with Crippen LogP contribution in [-0.4, -0.2) is 3.96 Å². The van der Waals surface area contributed by atoms with E-state index < -0.39 is 0 Å². The van der Waals surface area contributed by atoms with Crippen molar-refractivity contribution in [2.75, 3.05) is 5.73 Å². The number of hydrogen-bond acceptors (Lipinski definition) is 3. The largest absolute Gasteiger partial charge is 0.396 e. The van der Waals surface area contributed by atoms with Gasteiger partial charge in [-0.05, 0) is 0 Å². The maximum atomic E-state index is 5.43. The molecule has 1 aromatic rings. The van der Waals surface area contributed by atoms with Crippen LogP contribution < -0.4 is 5.73 Å². The quantitative estimate of drug-likeness (QED) is 0.561. The van der Waals surface area contributed by atoms with E-state index in [1.165, 1.54) is 11.5 Å². The van der Waals surface area contributed by atoms with E-state index >= 15 is 0 Å². The summed E-state index contributed by atoms with van der Waals surface area (Å²) in [5, 5.41) is 1.84. The lowest BCUT2D eigenvalue weighted by molar-refractivity contribution is 1.02. The minimum absolute atomic E-state index is 0.701. The van der Waals surface area contributed by atoms with Crippen molar-refractivity contribution < 1.29 is 0 Å². The number of aryl methyl sites for hydroxylation is 1. The molecule has 0 aromatic carbocycles. The van der Waals surface area contributed by atoms with E-state index in [4.69, 9.17) is 18.0 Å². The van der Waals surface area contributed by atoms with Crippen molar-refractivity contribution in [3.8, 4) is 0 Å². The van der Waals surface area contributed by atoms with E-state index in [0.29, 0.717) is 5.69 Å². The first kappa shape index (κ1) is 5.78. The number of nitrogens with two attached hydrogens (primary N) is 1. The Morgan fingerprint density at radius 1 is 1.88 bits per heavy atom. The predicted octanol–water partition coefficient (Wildman–Crippen LogP) is 1.40. The van der Waals surface area contributed by atoms with E-state index in [0.717, 1.165) is 4.64 Å². The van der Waals surface area contributed by atoms with Gasteiger partial charge in [-0.2, -0.15) is 0 Å². The first-order valence-corrected chi connectivity index (χ1v) is 3.37. The molecule has 2 nitrogen and oxygen atoms in total. The highest BCUT2D eigenvalue weighted by Crippen LogP contribution is 2.09. The van der Waals surface area contributed by atoms with Crippen molar-refractivity contribution in [2.45, 2.75) is 0 Å². The zero-order valence-electron chi connectivity index (χ0n) is 4.42. The van der Waals surface area contributed by atoms with Gasteiger partial charge in [-0.15, -0.1) is 0 Å². The Morgan fingerprint density at radius 2 is 2.50 bits per heavy atom. The molecule has 0 saturated heterocycles. The summed E-state index contributed by atoms with van der Waals surface area (Å²) >= 11 is 6.39. The van der Waals surface area contributed by atoms with Gasteiger partial charge in [-0.1, -0.05) is 23.8 Å². The van der Waals surface area contributed by atoms with Crippen LogP contribution in [0.2, 0.25) is 0 Å². The zero-order valence-corrected chi connectivity index (χ0v) is 6.05. The highest BCUT2D eigenvalue weighted by atomic mass is 32.1. The first-order chi connectivity index (χ1) is 3.72. The van der Waals surface area contributed by atoms with Crippen LogP contribution in [0.1, 0.15) is 0 Å². The highest BCUT2D eigenvalue weighted by Gasteiger charge is 1.90. The fourth-order valence-corrected chi connectivity index (χ4v) is 1.26. The molecule has 1 aromatic heterocycles. The van der Waals surface area contributed by atoms with E-state index in [9.17, 15) is 0 Å². The summed E-state index contributed by atoms with van der Waals surface area (Å²) in [6, 6.07) is 0. The Labute approximate surface area is 56.7 Å². The molecular formula is C4H6N2S2. The average molecular weight is 146 g/mol. The number of anilines is 1. The summed E-state index contributed by atoms with van der Waals surface area (Å²) in [6.07, 6.45) is 0. The minimum Gasteiger partial charge on any atom is -0.396 e. The Morgan fingerprint density at radius 3 is 2.62 bits per heavy atom. The number of aromatic nitrogens is 1. The summed E-state index contributed by atoms with van der Waals surface area (Å²) in [4.78, 5) is 0. The van der Waals surface area contributed by atoms with Crippen LogP contribution in [0.15, 0.2) is 5.38 Å². The van der Waals surface area contributed by atoms with Gasteiger partial charge in [0.25, 0.3) is 0 Å². The third kappa shape index (κ3) is 0.763. The Hall–Kier alpha value is -0.350. The molecule has 2 N–H and O–H groups in total. The average Bonchev–Trinajstić information content (AvgIpc) is 1.98. The monoisotopic (exact) mass is 146 g/mol. The molecule has 0 aliphatic carbocycles. The van der Waals surface area contributed by atoms with Gasteiger partial charge in [0.05, 0.1) is 5.69 Å². The standard InChI is InChI=1S/C4H6N2S2/c1-6-4(7)3(5)2-8-6/h2H,5H2,1H3. The van der Waals surface area contributed by atoms with Crippen molar-refractivity contribution in [3.63, 3.8) is 0 Å². The van der Waals surface area contributed by atoms with E-state index in [2.05, 4.69) is 0 Å². The molecule has 1 rings (SSSR count). The van der Waals surface area contributed by atoms with Crippen LogP contribution >= 0.6 is 23.8 Å². The van der Waals surface area contributed by atoms with Crippen LogP contribution in [0.25, 0.3) is 0 Å². The highest BCUT2D eigenvalue weighted by molar-refractivity contribution is 7.71. The third-order valence-corrected chi connectivity index (χ3v) is 2.35. The fourth-order valence-electron chi connectivity index (χ4n) is 0.416. The Kier molecular flexibility index (Phi) is 1.35. The van der Waals surface area contributed by atoms with Crippen LogP contribution in [0.5, 0.6) is 0 Å². The molecule has 0 atom stereocenters. The van der Waals surface area contributed by atoms with Gasteiger partial charge in [0, 0.05) is 12.4 Å². The molecule has 0 fully saturated rings. The second-order valence-corrected chi connectivity index (χ2v) is 2.86. The molecule has 1 heterocycles. The van der Waals surface area contributed by atoms with Gasteiger partial charge >= 0.3 is 0 Å². The van der Waals surface area contributed by atoms with E-state index in [1.807, 2.05) is 16.4 Å². The van der Waals surface area contributed by atoms with Crippen molar-refractivity contribution in [2.24, 2.45) is 7.05 Å². The second-order valence-electron chi connectivity index (χ2n) is 1.48. The maximum Gasteiger partial charge on any atom is 0.138 e. The van der Waals surface area contributed by atoms with Crippen LogP contribution in [-0.2, 0) is 7.05 Å². The lowest BCUT2D eigenvalue weighted by Crippen LogP contribution is -1.84. The fraction of sp³-hybridized carbons (Fsp3) is 0.250. The van der Waals surface area contributed by atoms with Crippen LogP contribution in [0, 0.1) is 4.64 Å². The van der Waals surface area contributed by atoms with Crippen molar-refractivity contribution in [1.29, 1.82) is 0 Å². The number of nitrogens with zero attached hydrogens (tertiary/aromatic N) is 1. The van der Waals surface area contributed by atoms with Gasteiger partial charge in [0.15, 0.2) is 0 Å². The second kappa shape index (κ2) is 1.87. The molecule has 0 aliphatic heterocycles. The molecule has 0 bridgehead atoms. The number of hydrogen-bond donors (Lipinski definition) is 1. The molecule has 4 heteroatoms. The molecule has 44 valence electrons. The first-order valence-electron chi connectivity index (χ1n) is 2.12. The summed E-state index contributed by atoms with van der Waals surface area (Å²) in [6.45, 7) is 0. The summed E-state index contributed by atoms with van der Waals surface area (Å²) < 4.78 is 2.58. The van der Waals surface area contributed by atoms with Crippen molar-refractivity contribution >= 4 is 29.4 Å². The van der Waals surface area contributed by atoms with Gasteiger partial charge in [-0.25, -0.2) is 0 Å². The summed E-state index contributed by atoms with van der Waals surface area (Å²) in [5.74, 6) is 0. The van der Waals surface area contributed by atoms with Gasteiger partial charge in [0.1, 0.15) is 4.64 Å². The Balaban J connectivity index is 3.42. The van der Waals surface area contributed by atoms with Crippen LogP contribution in [0.4, 0.5) is 5.69 Å². The molecule has 0 amide bonds. The maximum absolute atomic E-state index is 5.43. The predicted molar refractivity (Wildman–Crippen MR) is 38.5 cm³/mol.